The van der Waals surface area contributed by atoms with Crippen molar-refractivity contribution in [3.63, 3.8) is 0 Å². The fourth-order valence-electron chi connectivity index (χ4n) is 0.786. The molecule has 1 radical (unpaired) electrons. The van der Waals surface area contributed by atoms with Crippen LogP contribution >= 0.6 is 0 Å². The molecule has 1 aromatic rings. The molecule has 0 saturated carbocycles. The average molecular weight is 167 g/mol. The van der Waals surface area contributed by atoms with E-state index in [4.69, 9.17) is 4.74 Å². The molecule has 0 unspecified atom stereocenters. The Morgan fingerprint density at radius 2 is 2.00 bits per heavy atom. The maximum absolute atomic E-state index is 12.4. The molecule has 0 aliphatic rings. The smallest absolute Gasteiger partial charge is 0.135 e. The second-order valence-corrected chi connectivity index (χ2v) is 2.53. The van der Waals surface area contributed by atoms with Crippen LogP contribution in [0.2, 0.25) is 0 Å². The van der Waals surface area contributed by atoms with Crippen LogP contribution < -0.4 is 4.74 Å². The molecule has 0 saturated heterocycles. The molecule has 1 rings (SSSR count). The van der Waals surface area contributed by atoms with Gasteiger partial charge in [0.2, 0.25) is 0 Å². The predicted octanol–water partition coefficient (Wildman–Crippen LogP) is 3.17. The number of halogens is 1. The van der Waals surface area contributed by atoms with Gasteiger partial charge >= 0.3 is 0 Å². The Kier molecular flexibility index (Phi) is 3.58. The van der Waals surface area contributed by atoms with Crippen molar-refractivity contribution in [3.05, 3.63) is 36.7 Å². The molecule has 0 aliphatic carbocycles. The summed E-state index contributed by atoms with van der Waals surface area (Å²) in [5.41, 5.74) is 0. The number of benzene rings is 1. The molecule has 0 fully saturated rings. The van der Waals surface area contributed by atoms with Gasteiger partial charge in [0.25, 0.3) is 0 Å². The van der Waals surface area contributed by atoms with Crippen molar-refractivity contribution >= 4 is 0 Å². The monoisotopic (exact) mass is 167 g/mol. The van der Waals surface area contributed by atoms with Crippen molar-refractivity contribution in [1.82, 2.24) is 0 Å². The molecule has 1 nitrogen and oxygen atoms in total. The quantitative estimate of drug-likeness (QED) is 0.626. The molecule has 12 heavy (non-hydrogen) atoms. The van der Waals surface area contributed by atoms with E-state index in [0.29, 0.717) is 5.75 Å². The predicted molar refractivity (Wildman–Crippen MR) is 46.2 cm³/mol. The Labute approximate surface area is 72.2 Å². The molecule has 0 N–H and O–H groups in total. The van der Waals surface area contributed by atoms with Crippen molar-refractivity contribution in [2.45, 2.75) is 19.8 Å². The van der Waals surface area contributed by atoms with E-state index < -0.39 is 0 Å². The minimum Gasteiger partial charge on any atom is -0.487 e. The summed E-state index contributed by atoms with van der Waals surface area (Å²) in [5, 5.41) is 0. The van der Waals surface area contributed by atoms with Crippen LogP contribution in [-0.2, 0) is 0 Å². The molecule has 0 aliphatic heterocycles. The van der Waals surface area contributed by atoms with Gasteiger partial charge in [0, 0.05) is 0 Å². The lowest BCUT2D eigenvalue weighted by Gasteiger charge is -2.02. The highest BCUT2D eigenvalue weighted by Gasteiger charge is 1.93. The van der Waals surface area contributed by atoms with Crippen LogP contribution in [0.15, 0.2) is 24.3 Å². The summed E-state index contributed by atoms with van der Waals surface area (Å²) >= 11 is 0. The van der Waals surface area contributed by atoms with E-state index in [2.05, 4.69) is 6.92 Å². The number of rotatable bonds is 4. The van der Waals surface area contributed by atoms with Crippen LogP contribution in [0.4, 0.5) is 4.39 Å². The maximum Gasteiger partial charge on any atom is 0.135 e. The van der Waals surface area contributed by atoms with Crippen molar-refractivity contribution in [2.24, 2.45) is 0 Å². The summed E-state index contributed by atoms with van der Waals surface area (Å²) in [7, 11) is 0. The normalized spacial score (nSPS) is 9.83. The highest BCUT2D eigenvalue weighted by atomic mass is 19.1. The van der Waals surface area contributed by atoms with E-state index in [0.717, 1.165) is 12.8 Å². The number of hydrogen-bond acceptors (Lipinski definition) is 1. The van der Waals surface area contributed by atoms with Gasteiger partial charge in [-0.05, 0) is 30.7 Å². The van der Waals surface area contributed by atoms with E-state index in [1.807, 2.05) is 0 Å². The molecule has 0 bridgehead atoms. The van der Waals surface area contributed by atoms with Gasteiger partial charge in [-0.15, -0.1) is 0 Å². The van der Waals surface area contributed by atoms with Gasteiger partial charge in [-0.3, -0.25) is 0 Å². The Hall–Kier alpha value is -1.05. The first-order valence-electron chi connectivity index (χ1n) is 4.07. The lowest BCUT2D eigenvalue weighted by atomic mass is 10.3. The van der Waals surface area contributed by atoms with Gasteiger partial charge in [0.15, 0.2) is 0 Å². The molecule has 0 heterocycles. The van der Waals surface area contributed by atoms with Crippen molar-refractivity contribution in [3.8, 4) is 5.75 Å². The van der Waals surface area contributed by atoms with Gasteiger partial charge in [-0.25, -0.2) is 4.39 Å². The van der Waals surface area contributed by atoms with Crippen LogP contribution in [0, 0.1) is 12.4 Å². The fourth-order valence-corrected chi connectivity index (χ4v) is 0.786. The van der Waals surface area contributed by atoms with Crippen LogP contribution in [-0.4, -0.2) is 0 Å². The second-order valence-electron chi connectivity index (χ2n) is 2.53. The third kappa shape index (κ3) is 2.91. The number of hydrogen-bond donors (Lipinski definition) is 0. The first kappa shape index (κ1) is 9.04. The lowest BCUT2D eigenvalue weighted by molar-refractivity contribution is 0.388. The largest absolute Gasteiger partial charge is 0.487 e. The third-order valence-corrected chi connectivity index (χ3v) is 1.44. The van der Waals surface area contributed by atoms with Crippen molar-refractivity contribution < 1.29 is 9.13 Å². The van der Waals surface area contributed by atoms with E-state index in [1.165, 1.54) is 12.1 Å². The Morgan fingerprint density at radius 1 is 1.33 bits per heavy atom. The zero-order valence-electron chi connectivity index (χ0n) is 7.09. The van der Waals surface area contributed by atoms with Gasteiger partial charge in [-0.1, -0.05) is 13.3 Å². The van der Waals surface area contributed by atoms with E-state index >= 15 is 0 Å². The molecular weight excluding hydrogens is 155 g/mol. The van der Waals surface area contributed by atoms with Gasteiger partial charge in [0.1, 0.15) is 18.2 Å². The maximum atomic E-state index is 12.4. The molecule has 2 heteroatoms. The van der Waals surface area contributed by atoms with E-state index in [-0.39, 0.29) is 5.82 Å². The van der Waals surface area contributed by atoms with Crippen molar-refractivity contribution in [2.75, 3.05) is 0 Å². The van der Waals surface area contributed by atoms with Crippen LogP contribution in [0.1, 0.15) is 19.8 Å². The molecule has 0 atom stereocenters. The molecule has 0 spiro atoms. The average Bonchev–Trinajstić information content (AvgIpc) is 2.09. The van der Waals surface area contributed by atoms with Gasteiger partial charge in [-0.2, -0.15) is 0 Å². The summed E-state index contributed by atoms with van der Waals surface area (Å²) in [4.78, 5) is 0. The summed E-state index contributed by atoms with van der Waals surface area (Å²) in [6.45, 7) is 3.80. The van der Waals surface area contributed by atoms with Crippen molar-refractivity contribution in [1.29, 1.82) is 0 Å². The minimum atomic E-state index is -0.238. The molecule has 1 aromatic carbocycles. The lowest BCUT2D eigenvalue weighted by Crippen LogP contribution is -1.88. The van der Waals surface area contributed by atoms with Gasteiger partial charge in [0.05, 0.1) is 0 Å². The van der Waals surface area contributed by atoms with Crippen LogP contribution in [0.3, 0.4) is 0 Å². The zero-order valence-corrected chi connectivity index (χ0v) is 7.09. The zero-order chi connectivity index (χ0) is 8.81. The molecular formula is C10H12FO. The van der Waals surface area contributed by atoms with Crippen LogP contribution in [0.25, 0.3) is 0 Å². The molecule has 0 amide bonds. The van der Waals surface area contributed by atoms with Crippen LogP contribution in [0.5, 0.6) is 5.75 Å². The summed E-state index contributed by atoms with van der Waals surface area (Å²) in [5.74, 6) is 0.447. The highest BCUT2D eigenvalue weighted by molar-refractivity contribution is 5.22. The van der Waals surface area contributed by atoms with Gasteiger partial charge < -0.3 is 4.74 Å². The second kappa shape index (κ2) is 4.75. The topological polar surface area (TPSA) is 9.23 Å². The van der Waals surface area contributed by atoms with E-state index in [9.17, 15) is 4.39 Å². The Bertz CT molecular complexity index is 218. The number of ether oxygens (including phenoxy) is 1. The summed E-state index contributed by atoms with van der Waals surface area (Å²) < 4.78 is 17.6. The summed E-state index contributed by atoms with van der Waals surface area (Å²) in [6, 6.07) is 5.99. The Balaban J connectivity index is 2.37. The van der Waals surface area contributed by atoms with E-state index in [1.54, 1.807) is 18.7 Å². The third-order valence-electron chi connectivity index (χ3n) is 1.44. The standard InChI is InChI=1S/C10H12FO/c1-2-3-8-12-10-6-4-9(11)5-7-10/h4-8H,2-3H2,1H3. The molecule has 0 aromatic heterocycles. The molecule has 65 valence electrons. The fraction of sp³-hybridized carbons (Fsp3) is 0.300. The first-order valence-corrected chi connectivity index (χ1v) is 4.07. The minimum absolute atomic E-state index is 0.238. The SMILES string of the molecule is CCC[CH]Oc1ccc(F)cc1. The summed E-state index contributed by atoms with van der Waals surface area (Å²) in [6.07, 6.45) is 1.97. The number of unbranched alkanes of at least 4 members (excludes halogenated alkanes) is 1. The first-order chi connectivity index (χ1) is 5.83. The highest BCUT2D eigenvalue weighted by Crippen LogP contribution is 2.12. The Morgan fingerprint density at radius 3 is 2.58 bits per heavy atom.